The van der Waals surface area contributed by atoms with Crippen LogP contribution in [0.15, 0.2) is 6.07 Å². The molecule has 15 heavy (non-hydrogen) atoms. The van der Waals surface area contributed by atoms with E-state index in [-0.39, 0.29) is 18.7 Å². The van der Waals surface area contributed by atoms with Crippen LogP contribution in [-0.4, -0.2) is 27.5 Å². The number of nitrogens with zero attached hydrogens (tertiary/aromatic N) is 2. The Morgan fingerprint density at radius 3 is 2.40 bits per heavy atom. The number of nitrogens with two attached hydrogens (primary N) is 1. The molecule has 2 unspecified atom stereocenters. The van der Waals surface area contributed by atoms with Gasteiger partial charge in [-0.05, 0) is 25.8 Å². The van der Waals surface area contributed by atoms with Crippen LogP contribution in [0.4, 0.5) is 0 Å². The van der Waals surface area contributed by atoms with Gasteiger partial charge in [0.1, 0.15) is 0 Å². The van der Waals surface area contributed by atoms with E-state index in [9.17, 15) is 5.11 Å². The van der Waals surface area contributed by atoms with Crippen molar-refractivity contribution >= 4 is 0 Å². The smallest absolute Gasteiger partial charge is 0.0905 e. The third-order valence-corrected chi connectivity index (χ3v) is 2.76. The topological polar surface area (TPSA) is 64.1 Å². The van der Waals surface area contributed by atoms with Gasteiger partial charge in [-0.25, -0.2) is 0 Å². The van der Waals surface area contributed by atoms with Crippen molar-refractivity contribution in [2.75, 3.05) is 6.61 Å². The van der Waals surface area contributed by atoms with E-state index >= 15 is 0 Å². The molecule has 0 fully saturated rings. The van der Waals surface area contributed by atoms with Crippen molar-refractivity contribution < 1.29 is 5.11 Å². The second-order valence-corrected chi connectivity index (χ2v) is 4.44. The van der Waals surface area contributed by atoms with Crippen LogP contribution >= 0.6 is 0 Å². The molecule has 1 aromatic rings. The number of rotatable bonds is 4. The number of aromatic nitrogens is 2. The van der Waals surface area contributed by atoms with Crippen LogP contribution in [-0.2, 0) is 0 Å². The summed E-state index contributed by atoms with van der Waals surface area (Å²) >= 11 is 0. The molecule has 0 spiro atoms. The van der Waals surface area contributed by atoms with E-state index in [0.29, 0.717) is 5.92 Å². The summed E-state index contributed by atoms with van der Waals surface area (Å²) in [6.45, 7) is 8.06. The molecule has 0 aromatic carbocycles. The van der Waals surface area contributed by atoms with Gasteiger partial charge in [0, 0.05) is 11.7 Å². The van der Waals surface area contributed by atoms with Crippen LogP contribution in [0.5, 0.6) is 0 Å². The van der Waals surface area contributed by atoms with Crippen LogP contribution in [0.1, 0.15) is 31.3 Å². The normalized spacial score (nSPS) is 15.7. The van der Waals surface area contributed by atoms with Crippen LogP contribution in [0.3, 0.4) is 0 Å². The lowest BCUT2D eigenvalue weighted by Gasteiger charge is -2.26. The molecule has 0 aliphatic carbocycles. The molecule has 0 bridgehead atoms. The summed E-state index contributed by atoms with van der Waals surface area (Å²) in [5.74, 6) is 0.325. The molecule has 2 atom stereocenters. The monoisotopic (exact) mass is 211 g/mol. The van der Waals surface area contributed by atoms with E-state index in [1.54, 1.807) is 0 Å². The van der Waals surface area contributed by atoms with Crippen LogP contribution in [0.2, 0.25) is 0 Å². The Labute approximate surface area is 91.1 Å². The predicted molar refractivity (Wildman–Crippen MR) is 60.6 cm³/mol. The minimum absolute atomic E-state index is 0.0291. The second-order valence-electron chi connectivity index (χ2n) is 4.44. The molecule has 0 aliphatic heterocycles. The van der Waals surface area contributed by atoms with Gasteiger partial charge in [-0.15, -0.1) is 0 Å². The molecule has 4 heteroatoms. The predicted octanol–water partition coefficient (Wildman–Crippen LogP) is 1.02. The van der Waals surface area contributed by atoms with E-state index in [1.165, 1.54) is 0 Å². The average molecular weight is 211 g/mol. The second kappa shape index (κ2) is 4.77. The average Bonchev–Trinajstić information content (AvgIpc) is 2.47. The molecule has 1 aromatic heterocycles. The highest BCUT2D eigenvalue weighted by Crippen LogP contribution is 2.18. The molecule has 1 rings (SSSR count). The first-order chi connectivity index (χ1) is 6.97. The van der Waals surface area contributed by atoms with Crippen molar-refractivity contribution in [3.63, 3.8) is 0 Å². The lowest BCUT2D eigenvalue weighted by atomic mass is 9.98. The molecule has 3 N–H and O–H groups in total. The summed E-state index contributed by atoms with van der Waals surface area (Å²) in [6.07, 6.45) is 0. The zero-order valence-corrected chi connectivity index (χ0v) is 9.94. The molecule has 86 valence electrons. The fraction of sp³-hybridized carbons (Fsp3) is 0.727. The van der Waals surface area contributed by atoms with Crippen LogP contribution < -0.4 is 5.73 Å². The molecule has 1 heterocycles. The minimum Gasteiger partial charge on any atom is -0.394 e. The van der Waals surface area contributed by atoms with Crippen molar-refractivity contribution in [2.45, 2.75) is 39.8 Å². The molecule has 0 amide bonds. The first-order valence-electron chi connectivity index (χ1n) is 5.36. The number of aliphatic hydroxyl groups is 1. The first kappa shape index (κ1) is 12.2. The Morgan fingerprint density at radius 2 is 2.07 bits per heavy atom. The highest BCUT2D eigenvalue weighted by molar-refractivity contribution is 5.08. The van der Waals surface area contributed by atoms with Gasteiger partial charge in [-0.2, -0.15) is 5.10 Å². The molecular formula is C11H21N3O. The maximum absolute atomic E-state index is 9.39. The van der Waals surface area contributed by atoms with E-state index in [0.717, 1.165) is 11.4 Å². The Balaban J connectivity index is 2.96. The zero-order chi connectivity index (χ0) is 11.6. The first-order valence-corrected chi connectivity index (χ1v) is 5.36. The van der Waals surface area contributed by atoms with Gasteiger partial charge in [-0.1, -0.05) is 13.8 Å². The fourth-order valence-corrected chi connectivity index (χ4v) is 1.79. The van der Waals surface area contributed by atoms with Gasteiger partial charge in [-0.3, -0.25) is 4.68 Å². The van der Waals surface area contributed by atoms with Gasteiger partial charge in [0.2, 0.25) is 0 Å². The van der Waals surface area contributed by atoms with Crippen molar-refractivity contribution in [3.8, 4) is 0 Å². The van der Waals surface area contributed by atoms with Crippen LogP contribution in [0, 0.1) is 19.8 Å². The van der Waals surface area contributed by atoms with Gasteiger partial charge in [0.25, 0.3) is 0 Å². The summed E-state index contributed by atoms with van der Waals surface area (Å²) in [5.41, 5.74) is 8.06. The number of hydrogen-bond acceptors (Lipinski definition) is 3. The van der Waals surface area contributed by atoms with Crippen molar-refractivity contribution in [1.82, 2.24) is 9.78 Å². The Morgan fingerprint density at radius 1 is 1.47 bits per heavy atom. The molecule has 0 saturated heterocycles. The van der Waals surface area contributed by atoms with Gasteiger partial charge in [0.15, 0.2) is 0 Å². The van der Waals surface area contributed by atoms with Gasteiger partial charge < -0.3 is 10.8 Å². The van der Waals surface area contributed by atoms with Gasteiger partial charge >= 0.3 is 0 Å². The third-order valence-electron chi connectivity index (χ3n) is 2.76. The summed E-state index contributed by atoms with van der Waals surface area (Å²) in [4.78, 5) is 0. The number of aliphatic hydroxyl groups excluding tert-OH is 1. The summed E-state index contributed by atoms with van der Waals surface area (Å²) in [7, 11) is 0. The van der Waals surface area contributed by atoms with E-state index in [2.05, 4.69) is 18.9 Å². The lowest BCUT2D eigenvalue weighted by molar-refractivity contribution is 0.177. The summed E-state index contributed by atoms with van der Waals surface area (Å²) in [6, 6.07) is 1.79. The van der Waals surface area contributed by atoms with Crippen molar-refractivity contribution in [3.05, 3.63) is 17.5 Å². The van der Waals surface area contributed by atoms with Crippen molar-refractivity contribution in [2.24, 2.45) is 11.7 Å². The third kappa shape index (κ3) is 2.58. The van der Waals surface area contributed by atoms with E-state index in [4.69, 9.17) is 5.73 Å². The van der Waals surface area contributed by atoms with Gasteiger partial charge in [0.05, 0.1) is 18.3 Å². The molecule has 4 nitrogen and oxygen atoms in total. The SMILES string of the molecule is Cc1cc(C)n(C(CO)C(N)C(C)C)n1. The molecule has 0 aliphatic rings. The van der Waals surface area contributed by atoms with E-state index in [1.807, 2.05) is 24.6 Å². The minimum atomic E-state index is -0.126. The quantitative estimate of drug-likeness (QED) is 0.781. The molecule has 0 radical (unpaired) electrons. The number of aryl methyl sites for hydroxylation is 2. The lowest BCUT2D eigenvalue weighted by Crippen LogP contribution is -2.39. The highest BCUT2D eigenvalue weighted by Gasteiger charge is 2.23. The maximum Gasteiger partial charge on any atom is 0.0905 e. The molecular weight excluding hydrogens is 190 g/mol. The summed E-state index contributed by atoms with van der Waals surface area (Å²) in [5, 5.41) is 13.8. The highest BCUT2D eigenvalue weighted by atomic mass is 16.3. The largest absolute Gasteiger partial charge is 0.394 e. The summed E-state index contributed by atoms with van der Waals surface area (Å²) < 4.78 is 1.83. The Bertz CT molecular complexity index is 320. The standard InChI is InChI=1S/C11H21N3O/c1-7(2)11(12)10(6-15)14-9(4)5-8(3)13-14/h5,7,10-11,15H,6,12H2,1-4H3. The van der Waals surface area contributed by atoms with E-state index < -0.39 is 0 Å². The Hall–Kier alpha value is -0.870. The molecule has 0 saturated carbocycles. The number of hydrogen-bond donors (Lipinski definition) is 2. The zero-order valence-electron chi connectivity index (χ0n) is 9.94. The maximum atomic E-state index is 9.39. The fourth-order valence-electron chi connectivity index (χ4n) is 1.79. The van der Waals surface area contributed by atoms with Crippen molar-refractivity contribution in [1.29, 1.82) is 0 Å². The Kier molecular flexibility index (Phi) is 3.88. The van der Waals surface area contributed by atoms with Crippen LogP contribution in [0.25, 0.3) is 0 Å².